The molecule has 4 aliphatic carbocycles. The van der Waals surface area contributed by atoms with Crippen LogP contribution >= 0.6 is 0 Å². The smallest absolute Gasteiger partial charge is 0.332 e. The Morgan fingerprint density at radius 1 is 0.797 bits per heavy atom. The third kappa shape index (κ3) is 18.7. The molecule has 0 aromatic rings. The molecule has 0 bridgehead atoms. The highest BCUT2D eigenvalue weighted by molar-refractivity contribution is 5.71. The fourth-order valence-electron chi connectivity index (χ4n) is 12.8. The molecular weight excluding hydrogens is 795 g/mol. The summed E-state index contributed by atoms with van der Waals surface area (Å²) >= 11 is 0. The Labute approximate surface area is 395 Å². The number of carbonyl (C=O) groups excluding carboxylic acids is 1. The van der Waals surface area contributed by atoms with E-state index in [1.807, 2.05) is 13.8 Å². The molecule has 372 valence electrons. The number of rotatable bonds is 32. The number of unbranched alkanes of at least 4 members (excludes halogenated alkanes) is 13. The van der Waals surface area contributed by atoms with Crippen LogP contribution in [0.4, 0.5) is 0 Å². The molecule has 8 atom stereocenters. The van der Waals surface area contributed by atoms with Gasteiger partial charge in [-0.15, -0.1) is 0 Å². The number of ether oxygens (including phenoxy) is 5. The van der Waals surface area contributed by atoms with Gasteiger partial charge in [-0.2, -0.15) is 0 Å². The first-order valence-electron chi connectivity index (χ1n) is 27.8. The maximum Gasteiger partial charge on any atom is 0.332 e. The summed E-state index contributed by atoms with van der Waals surface area (Å²) < 4.78 is 29.9. The van der Waals surface area contributed by atoms with E-state index in [9.17, 15) is 4.79 Å². The molecule has 64 heavy (non-hydrogen) atoms. The molecule has 1 saturated heterocycles. The molecule has 3 saturated carbocycles. The first-order valence-corrected chi connectivity index (χ1v) is 27.8. The third-order valence-electron chi connectivity index (χ3n) is 16.6. The molecule has 0 aromatic heterocycles. The van der Waals surface area contributed by atoms with Crippen molar-refractivity contribution >= 4 is 5.97 Å². The summed E-state index contributed by atoms with van der Waals surface area (Å²) in [6, 6.07) is 0. The maximum absolute atomic E-state index is 13.0. The van der Waals surface area contributed by atoms with Gasteiger partial charge in [0.2, 0.25) is 0 Å². The molecule has 7 heteroatoms. The van der Waals surface area contributed by atoms with Crippen LogP contribution in [-0.4, -0.2) is 89.0 Å². The van der Waals surface area contributed by atoms with E-state index in [0.717, 1.165) is 94.7 Å². The highest BCUT2D eigenvalue weighted by Gasteiger charge is 2.58. The van der Waals surface area contributed by atoms with Crippen molar-refractivity contribution in [1.29, 1.82) is 0 Å². The summed E-state index contributed by atoms with van der Waals surface area (Å²) in [4.78, 5) is 15.4. The molecule has 0 N–H and O–H groups in total. The lowest BCUT2D eigenvalue weighted by Gasteiger charge is -2.58. The van der Waals surface area contributed by atoms with Crippen molar-refractivity contribution < 1.29 is 28.5 Å². The standard InChI is InChI=1S/C55H97NO6.C2H6/c1-6-7-8-9-10-11-12-13-14-15-16-17-18-19-20-23-36-59-43-49(42-56-34-37-58-38-35-56)61-40-39-60-44-53(57)62-48-30-32-55(5)47(41-48)26-28-50-51-29-27-46(25-22-21-24-45(2)3)54(51,4)33-31-52(50)55;1-2/h13-14,26,45-46,48-52H,6-12,15-25,27-44H2,1-5H3;1-2H3/b14-13-;. The van der Waals surface area contributed by atoms with E-state index in [1.54, 1.807) is 5.57 Å². The van der Waals surface area contributed by atoms with Gasteiger partial charge in [-0.3, -0.25) is 4.90 Å². The molecule has 0 spiro atoms. The normalized spacial score (nSPS) is 28.6. The quantitative estimate of drug-likeness (QED) is 0.0378. The monoisotopic (exact) mass is 898 g/mol. The molecule has 5 rings (SSSR count). The van der Waals surface area contributed by atoms with Gasteiger partial charge < -0.3 is 23.7 Å². The number of fused-ring (bicyclic) bond motifs is 5. The largest absolute Gasteiger partial charge is 0.460 e. The van der Waals surface area contributed by atoms with Crippen LogP contribution in [0.1, 0.15) is 215 Å². The van der Waals surface area contributed by atoms with Crippen LogP contribution in [0.2, 0.25) is 0 Å². The predicted molar refractivity (Wildman–Crippen MR) is 268 cm³/mol. The topological polar surface area (TPSA) is 66.5 Å². The molecule has 1 heterocycles. The van der Waals surface area contributed by atoms with Gasteiger partial charge in [0.1, 0.15) is 12.7 Å². The minimum absolute atomic E-state index is 0.0135. The zero-order chi connectivity index (χ0) is 45.9. The highest BCUT2D eigenvalue weighted by Crippen LogP contribution is 2.67. The number of allylic oxidation sites excluding steroid dienone is 3. The second kappa shape index (κ2) is 31.7. The zero-order valence-corrected chi connectivity index (χ0v) is 43.1. The number of nitrogens with zero attached hydrogens (tertiary/aromatic N) is 1. The molecule has 5 aliphatic rings. The maximum atomic E-state index is 13.0. The average molecular weight is 898 g/mol. The molecule has 0 amide bonds. The number of esters is 1. The number of morpholine rings is 1. The van der Waals surface area contributed by atoms with Crippen LogP contribution in [0.25, 0.3) is 0 Å². The summed E-state index contributed by atoms with van der Waals surface area (Å²) in [5.41, 5.74) is 2.38. The Balaban J connectivity index is 0.00000442. The van der Waals surface area contributed by atoms with Gasteiger partial charge in [0.25, 0.3) is 0 Å². The molecule has 8 unspecified atom stereocenters. The van der Waals surface area contributed by atoms with Crippen molar-refractivity contribution in [3.05, 3.63) is 23.8 Å². The van der Waals surface area contributed by atoms with Gasteiger partial charge in [0, 0.05) is 32.7 Å². The second-order valence-corrected chi connectivity index (χ2v) is 21.6. The summed E-state index contributed by atoms with van der Waals surface area (Å²) in [6.45, 7) is 22.6. The SMILES string of the molecule is CC.CCCCCCCC/C=C\CCCCCCCCOCC(CN1CCOCC1)OCCOCC(=O)OC1CCC2(C)C(=CCC3C2CCC2(C)C(CCCCC(C)C)CCC32)C1. The van der Waals surface area contributed by atoms with Crippen molar-refractivity contribution in [2.24, 2.45) is 40.4 Å². The fraction of sp³-hybridized carbons (Fsp3) is 0.912. The van der Waals surface area contributed by atoms with Crippen LogP contribution in [0.3, 0.4) is 0 Å². The van der Waals surface area contributed by atoms with E-state index in [0.29, 0.717) is 25.2 Å². The molecule has 7 nitrogen and oxygen atoms in total. The van der Waals surface area contributed by atoms with E-state index in [4.69, 9.17) is 23.7 Å². The number of carbonyl (C=O) groups is 1. The molecule has 0 aromatic carbocycles. The lowest BCUT2D eigenvalue weighted by atomic mass is 9.47. The van der Waals surface area contributed by atoms with Crippen LogP contribution < -0.4 is 0 Å². The summed E-state index contributed by atoms with van der Waals surface area (Å²) in [7, 11) is 0. The van der Waals surface area contributed by atoms with Crippen LogP contribution in [0, 0.1) is 40.4 Å². The van der Waals surface area contributed by atoms with E-state index < -0.39 is 0 Å². The Bertz CT molecular complexity index is 1280. The Morgan fingerprint density at radius 2 is 1.50 bits per heavy atom. The van der Waals surface area contributed by atoms with Crippen LogP contribution in [-0.2, 0) is 28.5 Å². The Morgan fingerprint density at radius 3 is 2.22 bits per heavy atom. The first kappa shape index (κ1) is 55.3. The first-order chi connectivity index (χ1) is 31.2. The van der Waals surface area contributed by atoms with Gasteiger partial charge >= 0.3 is 5.97 Å². The van der Waals surface area contributed by atoms with Crippen LogP contribution in [0.15, 0.2) is 23.8 Å². The van der Waals surface area contributed by atoms with Gasteiger partial charge in [0.15, 0.2) is 0 Å². The molecule has 4 fully saturated rings. The lowest BCUT2D eigenvalue weighted by Crippen LogP contribution is -2.50. The van der Waals surface area contributed by atoms with Crippen molar-refractivity contribution in [2.45, 2.75) is 228 Å². The lowest BCUT2D eigenvalue weighted by molar-refractivity contribution is -0.157. The van der Waals surface area contributed by atoms with Crippen molar-refractivity contribution in [3.63, 3.8) is 0 Å². The molecule has 0 radical (unpaired) electrons. The van der Waals surface area contributed by atoms with Crippen molar-refractivity contribution in [1.82, 2.24) is 4.90 Å². The van der Waals surface area contributed by atoms with E-state index in [-0.39, 0.29) is 30.2 Å². The average Bonchev–Trinajstić information content (AvgIpc) is 3.64. The second-order valence-electron chi connectivity index (χ2n) is 21.6. The van der Waals surface area contributed by atoms with E-state index in [1.165, 1.54) is 141 Å². The summed E-state index contributed by atoms with van der Waals surface area (Å²) in [5.74, 6) is 4.02. The Hall–Kier alpha value is -1.25. The van der Waals surface area contributed by atoms with E-state index >= 15 is 0 Å². The van der Waals surface area contributed by atoms with Crippen molar-refractivity contribution in [2.75, 3.05) is 65.9 Å². The van der Waals surface area contributed by atoms with Gasteiger partial charge in [-0.1, -0.05) is 149 Å². The molecule has 1 aliphatic heterocycles. The zero-order valence-electron chi connectivity index (χ0n) is 43.1. The fourth-order valence-corrected chi connectivity index (χ4v) is 12.8. The Kier molecular flexibility index (Phi) is 27.4. The van der Waals surface area contributed by atoms with Crippen molar-refractivity contribution in [3.8, 4) is 0 Å². The molecular formula is C57H103NO6. The van der Waals surface area contributed by atoms with E-state index in [2.05, 4.69) is 57.7 Å². The highest BCUT2D eigenvalue weighted by atomic mass is 16.6. The summed E-state index contributed by atoms with van der Waals surface area (Å²) in [5, 5.41) is 0. The number of hydrogen-bond acceptors (Lipinski definition) is 7. The summed E-state index contributed by atoms with van der Waals surface area (Å²) in [6.07, 6.45) is 41.3. The third-order valence-corrected chi connectivity index (χ3v) is 16.6. The number of hydrogen-bond donors (Lipinski definition) is 0. The van der Waals surface area contributed by atoms with Gasteiger partial charge in [0.05, 0.1) is 39.1 Å². The minimum atomic E-state index is -0.240. The van der Waals surface area contributed by atoms with Gasteiger partial charge in [-0.25, -0.2) is 4.79 Å². The van der Waals surface area contributed by atoms with Gasteiger partial charge in [-0.05, 0) is 124 Å². The predicted octanol–water partition coefficient (Wildman–Crippen LogP) is 14.5. The minimum Gasteiger partial charge on any atom is -0.460 e. The van der Waals surface area contributed by atoms with Crippen LogP contribution in [0.5, 0.6) is 0 Å².